The van der Waals surface area contributed by atoms with Gasteiger partial charge in [-0.3, -0.25) is 9.59 Å². The predicted octanol–water partition coefficient (Wildman–Crippen LogP) is 5.34. The molecule has 182 valence electrons. The highest BCUT2D eigenvalue weighted by atomic mass is 32.2. The van der Waals surface area contributed by atoms with Crippen LogP contribution in [0.4, 0.5) is 4.39 Å². The summed E-state index contributed by atoms with van der Waals surface area (Å²) in [6.07, 6.45) is 6.29. The third kappa shape index (κ3) is 6.60. The molecule has 1 aliphatic carbocycles. The van der Waals surface area contributed by atoms with Crippen LogP contribution in [0.15, 0.2) is 71.8 Å². The molecule has 0 spiro atoms. The molecule has 4 rings (SSSR count). The molecule has 2 amide bonds. The first kappa shape index (κ1) is 24.7. The first-order valence-electron chi connectivity index (χ1n) is 11.6. The monoisotopic (exact) mass is 493 g/mol. The van der Waals surface area contributed by atoms with Gasteiger partial charge >= 0.3 is 0 Å². The third-order valence-corrected chi connectivity index (χ3v) is 6.88. The average molecular weight is 494 g/mol. The fourth-order valence-corrected chi connectivity index (χ4v) is 4.54. The molecular weight excluding hydrogens is 465 g/mol. The van der Waals surface area contributed by atoms with Crippen LogP contribution in [0.2, 0.25) is 0 Å². The summed E-state index contributed by atoms with van der Waals surface area (Å²) in [4.78, 5) is 30.9. The second-order valence-corrected chi connectivity index (χ2v) is 9.34. The molecule has 1 aromatic heterocycles. The predicted molar refractivity (Wildman–Crippen MR) is 134 cm³/mol. The van der Waals surface area contributed by atoms with Crippen molar-refractivity contribution in [3.05, 3.63) is 83.8 Å². The van der Waals surface area contributed by atoms with Crippen molar-refractivity contribution in [2.75, 3.05) is 6.26 Å². The molecule has 3 aromatic rings. The summed E-state index contributed by atoms with van der Waals surface area (Å²) in [5.74, 6) is 0.0711. The number of carbonyl (C=O) groups is 2. The van der Waals surface area contributed by atoms with Crippen molar-refractivity contribution in [3.8, 4) is 11.6 Å². The Balaban J connectivity index is 1.29. The van der Waals surface area contributed by atoms with E-state index in [2.05, 4.69) is 15.6 Å². The number of rotatable bonds is 8. The first-order chi connectivity index (χ1) is 17.0. The van der Waals surface area contributed by atoms with Crippen molar-refractivity contribution >= 4 is 23.6 Å². The van der Waals surface area contributed by atoms with Gasteiger partial charge < -0.3 is 15.4 Å². The van der Waals surface area contributed by atoms with E-state index in [1.807, 2.05) is 30.5 Å². The van der Waals surface area contributed by atoms with Gasteiger partial charge in [0, 0.05) is 35.2 Å². The lowest BCUT2D eigenvalue weighted by molar-refractivity contribution is -0.126. The highest BCUT2D eigenvalue weighted by molar-refractivity contribution is 7.98. The van der Waals surface area contributed by atoms with E-state index in [1.165, 1.54) is 6.07 Å². The quantitative estimate of drug-likeness (QED) is 0.414. The van der Waals surface area contributed by atoms with Crippen molar-refractivity contribution in [1.82, 2.24) is 15.6 Å². The topological polar surface area (TPSA) is 80.3 Å². The van der Waals surface area contributed by atoms with Crippen LogP contribution in [0.5, 0.6) is 11.6 Å². The number of benzene rings is 2. The van der Waals surface area contributed by atoms with Gasteiger partial charge in [-0.2, -0.15) is 0 Å². The molecule has 0 unspecified atom stereocenters. The molecule has 35 heavy (non-hydrogen) atoms. The van der Waals surface area contributed by atoms with Crippen molar-refractivity contribution in [1.29, 1.82) is 0 Å². The molecule has 0 bridgehead atoms. The number of halogens is 1. The molecule has 0 saturated heterocycles. The number of hydrogen-bond donors (Lipinski definition) is 2. The summed E-state index contributed by atoms with van der Waals surface area (Å²) in [6, 6.07) is 17.4. The Hall–Kier alpha value is -3.39. The van der Waals surface area contributed by atoms with Crippen LogP contribution < -0.4 is 15.4 Å². The van der Waals surface area contributed by atoms with Crippen LogP contribution >= 0.6 is 11.8 Å². The van der Waals surface area contributed by atoms with E-state index in [4.69, 9.17) is 4.74 Å². The normalized spacial score (nSPS) is 17.4. The lowest BCUT2D eigenvalue weighted by Crippen LogP contribution is -2.41. The van der Waals surface area contributed by atoms with Gasteiger partial charge in [-0.25, -0.2) is 9.37 Å². The van der Waals surface area contributed by atoms with E-state index in [0.29, 0.717) is 42.6 Å². The van der Waals surface area contributed by atoms with Gasteiger partial charge in [-0.1, -0.05) is 18.2 Å². The van der Waals surface area contributed by atoms with Crippen molar-refractivity contribution in [2.45, 2.75) is 43.2 Å². The summed E-state index contributed by atoms with van der Waals surface area (Å²) >= 11 is 1.64. The van der Waals surface area contributed by atoms with Crippen molar-refractivity contribution < 1.29 is 18.7 Å². The molecule has 1 aliphatic rings. The molecule has 0 aliphatic heterocycles. The van der Waals surface area contributed by atoms with Crippen LogP contribution in [0.1, 0.15) is 41.6 Å². The summed E-state index contributed by atoms with van der Waals surface area (Å²) in [5, 5.41) is 5.90. The number of thioether (sulfide) groups is 1. The zero-order chi connectivity index (χ0) is 24.6. The number of aromatic nitrogens is 1. The van der Waals surface area contributed by atoms with Gasteiger partial charge in [-0.15, -0.1) is 11.8 Å². The third-order valence-electron chi connectivity index (χ3n) is 6.13. The van der Waals surface area contributed by atoms with Gasteiger partial charge in [-0.05, 0) is 74.4 Å². The number of nitrogens with zero attached hydrogens (tertiary/aromatic N) is 1. The van der Waals surface area contributed by atoms with Crippen LogP contribution in [0.3, 0.4) is 0 Å². The molecule has 1 heterocycles. The Morgan fingerprint density at radius 1 is 1.03 bits per heavy atom. The smallest absolute Gasteiger partial charge is 0.257 e. The Labute approximate surface area is 208 Å². The largest absolute Gasteiger partial charge is 0.438 e. The highest BCUT2D eigenvalue weighted by Crippen LogP contribution is 2.27. The number of carbonyl (C=O) groups excluding carboxylic acids is 2. The van der Waals surface area contributed by atoms with E-state index in [0.717, 1.165) is 4.90 Å². The van der Waals surface area contributed by atoms with E-state index >= 15 is 0 Å². The van der Waals surface area contributed by atoms with Gasteiger partial charge in [0.1, 0.15) is 17.1 Å². The minimum atomic E-state index is -0.324. The maximum Gasteiger partial charge on any atom is 0.257 e. The minimum Gasteiger partial charge on any atom is -0.438 e. The fourth-order valence-electron chi connectivity index (χ4n) is 4.13. The molecule has 1 saturated carbocycles. The maximum atomic E-state index is 13.8. The zero-order valence-corrected chi connectivity index (χ0v) is 20.3. The Bertz CT molecular complexity index is 1160. The second-order valence-electron chi connectivity index (χ2n) is 8.46. The highest BCUT2D eigenvalue weighted by Gasteiger charge is 2.28. The number of hydrogen-bond acceptors (Lipinski definition) is 5. The summed E-state index contributed by atoms with van der Waals surface area (Å²) < 4.78 is 19.6. The molecule has 0 radical (unpaired) electrons. The fraction of sp³-hybridized carbons (Fsp3) is 0.296. The Morgan fingerprint density at radius 2 is 1.77 bits per heavy atom. The molecular formula is C27H28FN3O3S. The van der Waals surface area contributed by atoms with Crippen LogP contribution in [-0.2, 0) is 11.3 Å². The van der Waals surface area contributed by atoms with Crippen LogP contribution in [0, 0.1) is 11.7 Å². The van der Waals surface area contributed by atoms with Gasteiger partial charge in [0.05, 0.1) is 0 Å². The van der Waals surface area contributed by atoms with Crippen LogP contribution in [-0.4, -0.2) is 29.1 Å². The molecule has 2 N–H and O–H groups in total. The molecule has 1 fully saturated rings. The van der Waals surface area contributed by atoms with E-state index in [-0.39, 0.29) is 42.0 Å². The average Bonchev–Trinajstić information content (AvgIpc) is 2.89. The lowest BCUT2D eigenvalue weighted by atomic mass is 9.85. The zero-order valence-electron chi connectivity index (χ0n) is 19.5. The second kappa shape index (κ2) is 11.8. The number of pyridine rings is 1. The minimum absolute atomic E-state index is 0.0352. The van der Waals surface area contributed by atoms with E-state index in [9.17, 15) is 14.0 Å². The summed E-state index contributed by atoms with van der Waals surface area (Å²) in [5.41, 5.74) is 0.836. The molecule has 6 nitrogen and oxygen atoms in total. The first-order valence-corrected chi connectivity index (χ1v) is 12.8. The van der Waals surface area contributed by atoms with Gasteiger partial charge in [0.15, 0.2) is 0 Å². The summed E-state index contributed by atoms with van der Waals surface area (Å²) in [6.45, 7) is 0.173. The lowest BCUT2D eigenvalue weighted by Gasteiger charge is -2.28. The molecule has 0 atom stereocenters. The number of nitrogens with one attached hydrogen (secondary N) is 2. The van der Waals surface area contributed by atoms with E-state index in [1.54, 1.807) is 48.3 Å². The standard InChI is InChI=1S/C27H28FN3O3S/c1-35-22-14-12-21(13-15-22)34-27-23(6-4-16-29-27)26(33)31-20-10-8-18(9-11-20)25(32)30-17-19-5-2-3-7-24(19)28/h2-7,12-16,18,20H,8-11,17H2,1H3,(H,30,32)(H,31,33). The van der Waals surface area contributed by atoms with E-state index < -0.39 is 0 Å². The van der Waals surface area contributed by atoms with Crippen molar-refractivity contribution in [3.63, 3.8) is 0 Å². The Kier molecular flexibility index (Phi) is 8.36. The number of ether oxygens (including phenoxy) is 1. The summed E-state index contributed by atoms with van der Waals surface area (Å²) in [7, 11) is 0. The van der Waals surface area contributed by atoms with Gasteiger partial charge in [0.25, 0.3) is 5.91 Å². The SMILES string of the molecule is CSc1ccc(Oc2ncccc2C(=O)NC2CCC(C(=O)NCc3ccccc3F)CC2)cc1. The number of amides is 2. The van der Waals surface area contributed by atoms with Crippen LogP contribution in [0.25, 0.3) is 0 Å². The molecule has 2 aromatic carbocycles. The van der Waals surface area contributed by atoms with Gasteiger partial charge in [0.2, 0.25) is 11.8 Å². The van der Waals surface area contributed by atoms with Crippen molar-refractivity contribution in [2.24, 2.45) is 5.92 Å². The maximum absolute atomic E-state index is 13.8. The molecule has 8 heteroatoms. The Morgan fingerprint density at radius 3 is 2.49 bits per heavy atom.